The van der Waals surface area contributed by atoms with Crippen LogP contribution in [0.1, 0.15) is 31.0 Å². The van der Waals surface area contributed by atoms with Crippen molar-refractivity contribution in [1.29, 1.82) is 0 Å². The number of pyridine rings is 2. The number of anilines is 1. The third kappa shape index (κ3) is 5.06. The quantitative estimate of drug-likeness (QED) is 0.451. The van der Waals surface area contributed by atoms with E-state index in [-0.39, 0.29) is 24.5 Å². The highest BCUT2D eigenvalue weighted by atomic mass is 16.2. The van der Waals surface area contributed by atoms with Crippen molar-refractivity contribution >= 4 is 22.6 Å². The summed E-state index contributed by atoms with van der Waals surface area (Å²) in [5.41, 5.74) is 1.76. The SMILES string of the molecule is CCCCc1ccc(NC(=O)Cn2c(=O)n(Cc3ccccn3)c(=O)c3ncccc32)cc1. The maximum atomic E-state index is 13.2. The number of carbonyl (C=O) groups excluding carboxylic acids is 1. The molecule has 0 fully saturated rings. The van der Waals surface area contributed by atoms with Gasteiger partial charge in [0.05, 0.1) is 17.8 Å². The first-order valence-electron chi connectivity index (χ1n) is 10.9. The number of benzene rings is 1. The second-order valence-electron chi connectivity index (χ2n) is 7.80. The molecule has 3 heterocycles. The molecule has 4 aromatic rings. The number of rotatable bonds is 8. The number of hydrogen-bond acceptors (Lipinski definition) is 5. The molecule has 0 aliphatic heterocycles. The highest BCUT2D eigenvalue weighted by molar-refractivity contribution is 5.91. The summed E-state index contributed by atoms with van der Waals surface area (Å²) in [5, 5.41) is 2.83. The Hall–Kier alpha value is -4.07. The summed E-state index contributed by atoms with van der Waals surface area (Å²) in [6, 6.07) is 16.2. The second-order valence-corrected chi connectivity index (χ2v) is 7.80. The predicted molar refractivity (Wildman–Crippen MR) is 127 cm³/mol. The molecular formula is C25H25N5O3. The fourth-order valence-corrected chi connectivity index (χ4v) is 3.67. The Morgan fingerprint density at radius 3 is 2.45 bits per heavy atom. The first-order chi connectivity index (χ1) is 16.1. The average Bonchev–Trinajstić information content (AvgIpc) is 2.84. The molecule has 1 amide bonds. The normalized spacial score (nSPS) is 10.9. The predicted octanol–water partition coefficient (Wildman–Crippen LogP) is 2.98. The number of hydrogen-bond donors (Lipinski definition) is 1. The molecule has 33 heavy (non-hydrogen) atoms. The fraction of sp³-hybridized carbons (Fsp3) is 0.240. The average molecular weight is 444 g/mol. The molecule has 0 radical (unpaired) electrons. The maximum absolute atomic E-state index is 13.2. The van der Waals surface area contributed by atoms with Gasteiger partial charge in [-0.05, 0) is 54.8 Å². The number of fused-ring (bicyclic) bond motifs is 1. The van der Waals surface area contributed by atoms with Crippen LogP contribution in [0.5, 0.6) is 0 Å². The smallest absolute Gasteiger partial charge is 0.325 e. The molecule has 8 heteroatoms. The van der Waals surface area contributed by atoms with Gasteiger partial charge in [0.25, 0.3) is 5.56 Å². The Kier molecular flexibility index (Phi) is 6.73. The number of nitrogens with one attached hydrogen (secondary N) is 1. The van der Waals surface area contributed by atoms with Crippen molar-refractivity contribution in [3.8, 4) is 0 Å². The number of carbonyl (C=O) groups is 1. The zero-order valence-electron chi connectivity index (χ0n) is 18.4. The molecule has 0 unspecified atom stereocenters. The van der Waals surface area contributed by atoms with Gasteiger partial charge in [0.1, 0.15) is 6.54 Å². The summed E-state index contributed by atoms with van der Waals surface area (Å²) < 4.78 is 2.34. The number of amides is 1. The molecular weight excluding hydrogens is 418 g/mol. The number of aryl methyl sites for hydroxylation is 1. The lowest BCUT2D eigenvalue weighted by Crippen LogP contribution is -2.42. The zero-order valence-corrected chi connectivity index (χ0v) is 18.4. The molecule has 1 N–H and O–H groups in total. The van der Waals surface area contributed by atoms with E-state index in [1.807, 2.05) is 24.3 Å². The second kappa shape index (κ2) is 10.0. The van der Waals surface area contributed by atoms with Crippen LogP contribution in [0.3, 0.4) is 0 Å². The fourth-order valence-electron chi connectivity index (χ4n) is 3.67. The number of aromatic nitrogens is 4. The van der Waals surface area contributed by atoms with Crippen LogP contribution in [-0.4, -0.2) is 25.0 Å². The molecule has 0 atom stereocenters. The maximum Gasteiger partial charge on any atom is 0.332 e. The Balaban J connectivity index is 1.63. The van der Waals surface area contributed by atoms with Crippen LogP contribution in [-0.2, 0) is 24.3 Å². The Morgan fingerprint density at radius 2 is 1.73 bits per heavy atom. The van der Waals surface area contributed by atoms with Crippen LogP contribution in [0.2, 0.25) is 0 Å². The molecule has 3 aromatic heterocycles. The molecule has 0 spiro atoms. The van der Waals surface area contributed by atoms with E-state index in [9.17, 15) is 14.4 Å². The van der Waals surface area contributed by atoms with Gasteiger partial charge in [-0.3, -0.25) is 23.7 Å². The van der Waals surface area contributed by atoms with Gasteiger partial charge in [0, 0.05) is 18.1 Å². The molecule has 0 saturated carbocycles. The van der Waals surface area contributed by atoms with Crippen molar-refractivity contribution in [2.24, 2.45) is 0 Å². The largest absolute Gasteiger partial charge is 0.332 e. The van der Waals surface area contributed by atoms with Crippen molar-refractivity contribution in [2.45, 2.75) is 39.3 Å². The third-order valence-corrected chi connectivity index (χ3v) is 5.39. The van der Waals surface area contributed by atoms with Crippen LogP contribution in [0.4, 0.5) is 5.69 Å². The van der Waals surface area contributed by atoms with Crippen molar-refractivity contribution in [2.75, 3.05) is 5.32 Å². The minimum atomic E-state index is -0.587. The minimum absolute atomic E-state index is 0.00807. The van der Waals surface area contributed by atoms with Gasteiger partial charge in [0.15, 0.2) is 5.52 Å². The molecule has 0 saturated heterocycles. The first kappa shape index (κ1) is 22.1. The summed E-state index contributed by atoms with van der Waals surface area (Å²) in [6.45, 7) is 1.89. The van der Waals surface area contributed by atoms with E-state index < -0.39 is 11.2 Å². The Morgan fingerprint density at radius 1 is 0.939 bits per heavy atom. The van der Waals surface area contributed by atoms with E-state index in [0.29, 0.717) is 16.9 Å². The lowest BCUT2D eigenvalue weighted by molar-refractivity contribution is -0.116. The summed E-state index contributed by atoms with van der Waals surface area (Å²) in [5.74, 6) is -0.369. The topological polar surface area (TPSA) is 98.9 Å². The third-order valence-electron chi connectivity index (χ3n) is 5.39. The highest BCUT2D eigenvalue weighted by Crippen LogP contribution is 2.12. The van der Waals surface area contributed by atoms with Gasteiger partial charge in [-0.15, -0.1) is 0 Å². The number of unbranched alkanes of at least 4 members (excludes halogenated alkanes) is 1. The van der Waals surface area contributed by atoms with Crippen LogP contribution < -0.4 is 16.6 Å². The Labute approximate surface area is 190 Å². The van der Waals surface area contributed by atoms with Crippen LogP contribution in [0.25, 0.3) is 11.0 Å². The summed E-state index contributed by atoms with van der Waals surface area (Å²) in [7, 11) is 0. The summed E-state index contributed by atoms with van der Waals surface area (Å²) in [4.78, 5) is 47.3. The lowest BCUT2D eigenvalue weighted by Gasteiger charge is -2.13. The Bertz CT molecular complexity index is 1380. The molecule has 1 aromatic carbocycles. The van der Waals surface area contributed by atoms with Gasteiger partial charge in [-0.2, -0.15) is 0 Å². The van der Waals surface area contributed by atoms with Gasteiger partial charge in [-0.25, -0.2) is 9.78 Å². The van der Waals surface area contributed by atoms with Gasteiger partial charge >= 0.3 is 5.69 Å². The van der Waals surface area contributed by atoms with Crippen LogP contribution in [0.15, 0.2) is 76.6 Å². The first-order valence-corrected chi connectivity index (χ1v) is 10.9. The van der Waals surface area contributed by atoms with E-state index in [2.05, 4.69) is 22.2 Å². The standard InChI is InChI=1S/C25H25N5O3/c1-2-3-7-18-10-12-19(13-11-18)28-22(31)17-29-21-9-6-15-27-23(21)24(32)30(25(29)33)16-20-8-4-5-14-26-20/h4-6,8-15H,2-3,7,16-17H2,1H3,(H,28,31). The van der Waals surface area contributed by atoms with Crippen LogP contribution >= 0.6 is 0 Å². The molecule has 168 valence electrons. The molecule has 8 nitrogen and oxygen atoms in total. The summed E-state index contributed by atoms with van der Waals surface area (Å²) >= 11 is 0. The molecule has 0 bridgehead atoms. The van der Waals surface area contributed by atoms with Gasteiger partial charge < -0.3 is 5.32 Å². The van der Waals surface area contributed by atoms with Crippen molar-refractivity contribution < 1.29 is 4.79 Å². The van der Waals surface area contributed by atoms with E-state index in [4.69, 9.17) is 0 Å². The lowest BCUT2D eigenvalue weighted by atomic mass is 10.1. The van der Waals surface area contributed by atoms with E-state index in [0.717, 1.165) is 23.8 Å². The number of nitrogens with zero attached hydrogens (tertiary/aromatic N) is 4. The zero-order chi connectivity index (χ0) is 23.2. The van der Waals surface area contributed by atoms with Crippen molar-refractivity contribution in [1.82, 2.24) is 19.1 Å². The monoisotopic (exact) mass is 443 g/mol. The van der Waals surface area contributed by atoms with Crippen LogP contribution in [0, 0.1) is 0 Å². The van der Waals surface area contributed by atoms with Crippen molar-refractivity contribution in [3.63, 3.8) is 0 Å². The van der Waals surface area contributed by atoms with Gasteiger partial charge in [-0.1, -0.05) is 31.5 Å². The molecule has 0 aliphatic rings. The van der Waals surface area contributed by atoms with E-state index in [1.165, 1.54) is 16.3 Å². The minimum Gasteiger partial charge on any atom is -0.325 e. The van der Waals surface area contributed by atoms with E-state index in [1.54, 1.807) is 36.5 Å². The highest BCUT2D eigenvalue weighted by Gasteiger charge is 2.17. The molecule has 0 aliphatic carbocycles. The van der Waals surface area contributed by atoms with E-state index >= 15 is 0 Å². The summed E-state index contributed by atoms with van der Waals surface area (Å²) in [6.07, 6.45) is 6.32. The van der Waals surface area contributed by atoms with Crippen molar-refractivity contribution in [3.05, 3.63) is 99.1 Å². The molecule has 4 rings (SSSR count). The van der Waals surface area contributed by atoms with Gasteiger partial charge in [0.2, 0.25) is 5.91 Å².